The smallest absolute Gasteiger partial charge is 0.217 e. The molecule has 10 atom stereocenters. The second-order valence-corrected chi connectivity index (χ2v) is 8.25. The molecule has 1 amide bonds. The molecule has 6 N–H and O–H groups in total. The molecule has 1 aromatic carbocycles. The molecule has 0 aliphatic carbocycles. The molecule has 2 fully saturated rings. The van der Waals surface area contributed by atoms with Gasteiger partial charge in [0.1, 0.15) is 48.8 Å². The van der Waals surface area contributed by atoms with Crippen LogP contribution in [0.25, 0.3) is 0 Å². The summed E-state index contributed by atoms with van der Waals surface area (Å²) in [5.41, 5.74) is 0.828. The van der Waals surface area contributed by atoms with Crippen LogP contribution in [-0.2, 0) is 35.1 Å². The Balaban J connectivity index is 1.85. The van der Waals surface area contributed by atoms with E-state index in [0.29, 0.717) is 0 Å². The summed E-state index contributed by atoms with van der Waals surface area (Å²) in [6, 6.07) is 8.15. The van der Waals surface area contributed by atoms with Crippen molar-refractivity contribution in [1.29, 1.82) is 0 Å². The van der Waals surface area contributed by atoms with Gasteiger partial charge in [-0.25, -0.2) is 0 Å². The van der Waals surface area contributed by atoms with E-state index < -0.39 is 80.5 Å². The highest BCUT2D eigenvalue weighted by molar-refractivity contribution is 5.73. The van der Waals surface area contributed by atoms with E-state index in [0.717, 1.165) is 5.56 Å². The number of ether oxygens (including phenoxy) is 5. The first-order valence-corrected chi connectivity index (χ1v) is 11.0. The van der Waals surface area contributed by atoms with E-state index in [1.807, 2.05) is 30.3 Å². The molecule has 1 aromatic rings. The quantitative estimate of drug-likeness (QED) is 0.219. The summed E-state index contributed by atoms with van der Waals surface area (Å²) >= 11 is 0. The lowest BCUT2D eigenvalue weighted by Gasteiger charge is -2.47. The number of benzene rings is 1. The van der Waals surface area contributed by atoms with Crippen molar-refractivity contribution in [1.82, 2.24) is 5.32 Å². The Morgan fingerprint density at radius 3 is 2.15 bits per heavy atom. The zero-order chi connectivity index (χ0) is 24.8. The lowest BCUT2D eigenvalue weighted by atomic mass is 9.95. The predicted octanol–water partition coefficient (Wildman–Crippen LogP) is -2.37. The van der Waals surface area contributed by atoms with E-state index in [1.54, 1.807) is 0 Å². The van der Waals surface area contributed by atoms with Gasteiger partial charge in [-0.15, -0.1) is 0 Å². The van der Waals surface area contributed by atoms with Crippen molar-refractivity contribution in [2.45, 2.75) is 74.9 Å². The summed E-state index contributed by atoms with van der Waals surface area (Å²) in [6.45, 7) is 0.203. The van der Waals surface area contributed by atoms with E-state index in [4.69, 9.17) is 23.7 Å². The van der Waals surface area contributed by atoms with Crippen molar-refractivity contribution < 1.29 is 54.0 Å². The molecule has 0 radical (unpaired) electrons. The third-order valence-electron chi connectivity index (χ3n) is 5.87. The van der Waals surface area contributed by atoms with Gasteiger partial charge in [0.2, 0.25) is 5.91 Å². The number of aliphatic hydroxyl groups is 5. The van der Waals surface area contributed by atoms with Gasteiger partial charge < -0.3 is 54.5 Å². The Morgan fingerprint density at radius 1 is 0.941 bits per heavy atom. The van der Waals surface area contributed by atoms with E-state index in [9.17, 15) is 30.3 Å². The standard InChI is InChI=1S/C22H33NO11/c1-11(26)23-15-19(34-22-20(30-2)18(29)16(27)13(8-24)33-22)17(28)14(9-25)32-21(15)31-10-12-6-4-3-5-7-12/h3-7,13-22,24-25,27-29H,8-10H2,1-2H3,(H,23,26)/t13-,14-,15-,16+,17-,18+,19-,20-,21-,22+/m1/s1. The SMILES string of the molecule is CO[C@H]1[C@H](O[C@H]2[C@H](O)[C@@H](CO)O[C@@H](OCc3ccccc3)[C@@H]2NC(C)=O)O[C@H](CO)[C@H](O)[C@@H]1O. The Labute approximate surface area is 197 Å². The third kappa shape index (κ3) is 6.10. The molecule has 34 heavy (non-hydrogen) atoms. The Kier molecular flexibility index (Phi) is 9.74. The molecule has 0 aromatic heterocycles. The Hall–Kier alpha value is -1.71. The van der Waals surface area contributed by atoms with Gasteiger partial charge >= 0.3 is 0 Å². The molecule has 12 heteroatoms. The van der Waals surface area contributed by atoms with Crippen molar-refractivity contribution in [3.8, 4) is 0 Å². The largest absolute Gasteiger partial charge is 0.394 e. The number of methoxy groups -OCH3 is 1. The molecule has 0 bridgehead atoms. The number of nitrogens with one attached hydrogen (secondary N) is 1. The molecular formula is C22H33NO11. The van der Waals surface area contributed by atoms with Crippen LogP contribution in [0.3, 0.4) is 0 Å². The van der Waals surface area contributed by atoms with Crippen LogP contribution < -0.4 is 5.32 Å². The Bertz CT molecular complexity index is 768. The zero-order valence-electron chi connectivity index (χ0n) is 19.0. The molecular weight excluding hydrogens is 454 g/mol. The van der Waals surface area contributed by atoms with Gasteiger partial charge in [0, 0.05) is 14.0 Å². The van der Waals surface area contributed by atoms with Gasteiger partial charge in [-0.05, 0) is 5.56 Å². The van der Waals surface area contributed by atoms with Crippen molar-refractivity contribution in [3.63, 3.8) is 0 Å². The average molecular weight is 488 g/mol. The first-order valence-electron chi connectivity index (χ1n) is 11.0. The van der Waals surface area contributed by atoms with Crippen LogP contribution >= 0.6 is 0 Å². The molecule has 2 heterocycles. The van der Waals surface area contributed by atoms with Gasteiger partial charge in [0.25, 0.3) is 0 Å². The van der Waals surface area contributed by atoms with E-state index in [-0.39, 0.29) is 6.61 Å². The molecule has 0 unspecified atom stereocenters. The fourth-order valence-electron chi connectivity index (χ4n) is 4.08. The second-order valence-electron chi connectivity index (χ2n) is 8.25. The molecule has 3 rings (SSSR count). The lowest BCUT2D eigenvalue weighted by molar-refractivity contribution is -0.348. The van der Waals surface area contributed by atoms with Crippen molar-refractivity contribution >= 4 is 5.91 Å². The first-order chi connectivity index (χ1) is 16.3. The number of rotatable bonds is 9. The van der Waals surface area contributed by atoms with Crippen LogP contribution in [0.5, 0.6) is 0 Å². The first kappa shape index (κ1) is 26.9. The van der Waals surface area contributed by atoms with Crippen LogP contribution in [0.2, 0.25) is 0 Å². The van der Waals surface area contributed by atoms with Crippen molar-refractivity contribution in [3.05, 3.63) is 35.9 Å². The monoisotopic (exact) mass is 487 g/mol. The fraction of sp³-hybridized carbons (Fsp3) is 0.682. The predicted molar refractivity (Wildman–Crippen MR) is 114 cm³/mol. The summed E-state index contributed by atoms with van der Waals surface area (Å²) in [4.78, 5) is 12.0. The van der Waals surface area contributed by atoms with Gasteiger partial charge in [-0.3, -0.25) is 4.79 Å². The van der Waals surface area contributed by atoms with Crippen LogP contribution in [0.15, 0.2) is 30.3 Å². The molecule has 2 saturated heterocycles. The van der Waals surface area contributed by atoms with Gasteiger partial charge in [0.05, 0.1) is 19.8 Å². The fourth-order valence-corrected chi connectivity index (χ4v) is 4.08. The van der Waals surface area contributed by atoms with Crippen molar-refractivity contribution in [2.75, 3.05) is 20.3 Å². The van der Waals surface area contributed by atoms with Crippen LogP contribution in [-0.4, -0.2) is 113 Å². The minimum absolute atomic E-state index is 0.112. The minimum atomic E-state index is -1.46. The van der Waals surface area contributed by atoms with Crippen LogP contribution in [0.4, 0.5) is 0 Å². The normalized spacial score (nSPS) is 38.4. The van der Waals surface area contributed by atoms with E-state index in [1.165, 1.54) is 14.0 Å². The number of hydrogen-bond donors (Lipinski definition) is 6. The maximum atomic E-state index is 12.0. The summed E-state index contributed by atoms with van der Waals surface area (Å²) in [5.74, 6) is -0.457. The van der Waals surface area contributed by atoms with E-state index >= 15 is 0 Å². The van der Waals surface area contributed by atoms with Crippen LogP contribution in [0.1, 0.15) is 12.5 Å². The maximum Gasteiger partial charge on any atom is 0.217 e. The highest BCUT2D eigenvalue weighted by atomic mass is 16.7. The maximum absolute atomic E-state index is 12.0. The number of hydrogen-bond acceptors (Lipinski definition) is 11. The highest BCUT2D eigenvalue weighted by Gasteiger charge is 2.52. The Morgan fingerprint density at radius 2 is 1.56 bits per heavy atom. The topological polar surface area (TPSA) is 176 Å². The highest BCUT2D eigenvalue weighted by Crippen LogP contribution is 2.31. The summed E-state index contributed by atoms with van der Waals surface area (Å²) in [7, 11) is 1.27. The number of carbonyl (C=O) groups is 1. The summed E-state index contributed by atoms with van der Waals surface area (Å²) < 4.78 is 28.4. The second kappa shape index (κ2) is 12.3. The average Bonchev–Trinajstić information content (AvgIpc) is 2.83. The minimum Gasteiger partial charge on any atom is -0.394 e. The molecule has 2 aliphatic rings. The lowest BCUT2D eigenvalue weighted by Crippen LogP contribution is -2.68. The third-order valence-corrected chi connectivity index (χ3v) is 5.87. The van der Waals surface area contributed by atoms with Crippen molar-refractivity contribution in [2.24, 2.45) is 0 Å². The van der Waals surface area contributed by atoms with Crippen LogP contribution in [0, 0.1) is 0 Å². The molecule has 0 saturated carbocycles. The van der Waals surface area contributed by atoms with Gasteiger partial charge in [0.15, 0.2) is 12.6 Å². The number of aliphatic hydroxyl groups excluding tert-OH is 5. The number of amides is 1. The molecule has 0 spiro atoms. The van der Waals surface area contributed by atoms with Gasteiger partial charge in [-0.2, -0.15) is 0 Å². The summed E-state index contributed by atoms with van der Waals surface area (Å²) in [5, 5.41) is 53.3. The zero-order valence-corrected chi connectivity index (χ0v) is 19.0. The van der Waals surface area contributed by atoms with E-state index in [2.05, 4.69) is 5.32 Å². The molecule has 192 valence electrons. The van der Waals surface area contributed by atoms with Gasteiger partial charge in [-0.1, -0.05) is 30.3 Å². The molecule has 12 nitrogen and oxygen atoms in total. The summed E-state index contributed by atoms with van der Waals surface area (Å²) in [6.07, 6.45) is -11.5. The molecule has 2 aliphatic heterocycles. The number of carbonyl (C=O) groups excluding carboxylic acids is 1.